The molecule has 65 valence electrons. The molecule has 12 heavy (non-hydrogen) atoms. The molecule has 3 atom stereocenters. The molecule has 2 saturated heterocycles. The summed E-state index contributed by atoms with van der Waals surface area (Å²) < 4.78 is 0. The maximum absolute atomic E-state index is 2.72. The lowest BCUT2D eigenvalue weighted by atomic mass is 9.41. The zero-order valence-corrected chi connectivity index (χ0v) is 7.84. The minimum Gasteiger partial charge on any atom is -0.0686 e. The topological polar surface area (TPSA) is 0 Å². The van der Waals surface area contributed by atoms with Crippen molar-refractivity contribution in [1.29, 1.82) is 0 Å². The quantitative estimate of drug-likeness (QED) is 0.517. The average molecular weight is 161 g/mol. The van der Waals surface area contributed by atoms with Gasteiger partial charge in [-0.1, -0.05) is 43.7 Å². The van der Waals surface area contributed by atoms with Gasteiger partial charge >= 0.3 is 0 Å². The second kappa shape index (κ2) is 2.78. The second-order valence-electron chi connectivity index (χ2n) is 5.13. The summed E-state index contributed by atoms with van der Waals surface area (Å²) >= 11 is 0. The minimum absolute atomic E-state index is 1.03. The molecule has 1 saturated carbocycles. The van der Waals surface area contributed by atoms with E-state index in [4.69, 9.17) is 0 Å². The molecule has 0 nitrogen and oxygen atoms in total. The van der Waals surface area contributed by atoms with Crippen molar-refractivity contribution in [2.45, 2.75) is 56.6 Å². The van der Waals surface area contributed by atoms with Crippen molar-refractivity contribution < 1.29 is 0 Å². The third-order valence-electron chi connectivity index (χ3n) is 4.28. The molecule has 1 aliphatic carbocycles. The van der Waals surface area contributed by atoms with Crippen LogP contribution in [-0.4, -0.2) is 7.28 Å². The molecule has 2 aliphatic heterocycles. The van der Waals surface area contributed by atoms with Crippen LogP contribution in [0, 0.1) is 11.8 Å². The van der Waals surface area contributed by atoms with Crippen molar-refractivity contribution in [2.75, 3.05) is 0 Å². The zero-order valence-electron chi connectivity index (χ0n) is 7.84. The Hall–Kier alpha value is 0.0649. The van der Waals surface area contributed by atoms with E-state index in [1.165, 1.54) is 25.7 Å². The third-order valence-corrected chi connectivity index (χ3v) is 4.28. The SMILES string of the molecule is [B]1C2CCCC1C(C1CC1)CC2. The summed E-state index contributed by atoms with van der Waals surface area (Å²) in [5, 5.41) is 0. The molecule has 3 unspecified atom stereocenters. The molecule has 0 N–H and O–H groups in total. The summed E-state index contributed by atoms with van der Waals surface area (Å²) in [4.78, 5) is 0. The first kappa shape index (κ1) is 7.47. The molecule has 3 aliphatic rings. The van der Waals surface area contributed by atoms with Crippen LogP contribution < -0.4 is 0 Å². The van der Waals surface area contributed by atoms with E-state index in [1.807, 2.05) is 0 Å². The van der Waals surface area contributed by atoms with Crippen LogP contribution in [-0.2, 0) is 0 Å². The number of hydrogen-bond donors (Lipinski definition) is 0. The Labute approximate surface area is 76.4 Å². The van der Waals surface area contributed by atoms with E-state index < -0.39 is 0 Å². The molecular formula is C11H18B. The first-order valence-electron chi connectivity index (χ1n) is 5.78. The van der Waals surface area contributed by atoms with Crippen molar-refractivity contribution in [3.05, 3.63) is 0 Å². The Morgan fingerprint density at radius 3 is 2.58 bits per heavy atom. The first-order valence-corrected chi connectivity index (χ1v) is 5.78. The van der Waals surface area contributed by atoms with Gasteiger partial charge in [0.1, 0.15) is 7.28 Å². The molecule has 1 heteroatoms. The largest absolute Gasteiger partial charge is 0.118 e. The second-order valence-corrected chi connectivity index (χ2v) is 5.13. The maximum atomic E-state index is 2.72. The molecule has 0 aromatic carbocycles. The number of rotatable bonds is 1. The van der Waals surface area contributed by atoms with Gasteiger partial charge in [-0.3, -0.25) is 0 Å². The van der Waals surface area contributed by atoms with Crippen LogP contribution in [0.2, 0.25) is 11.6 Å². The standard InChI is InChI=1S/C11H18B/c1-2-9-6-7-10(8-4-5-8)11(3-1)12-9/h8-11H,1-7H2. The Kier molecular flexibility index (Phi) is 1.73. The lowest BCUT2D eigenvalue weighted by molar-refractivity contribution is 0.311. The van der Waals surface area contributed by atoms with E-state index in [0.717, 1.165) is 23.5 Å². The van der Waals surface area contributed by atoms with Crippen LogP contribution in [0.1, 0.15) is 44.9 Å². The third kappa shape index (κ3) is 1.22. The fourth-order valence-corrected chi connectivity index (χ4v) is 3.49. The van der Waals surface area contributed by atoms with E-state index in [9.17, 15) is 0 Å². The van der Waals surface area contributed by atoms with Crippen LogP contribution in [0.4, 0.5) is 0 Å². The van der Waals surface area contributed by atoms with E-state index in [1.54, 1.807) is 19.3 Å². The van der Waals surface area contributed by atoms with Crippen molar-refractivity contribution in [3.63, 3.8) is 0 Å². The molecule has 2 bridgehead atoms. The van der Waals surface area contributed by atoms with Gasteiger partial charge in [0, 0.05) is 0 Å². The lowest BCUT2D eigenvalue weighted by Gasteiger charge is -2.40. The van der Waals surface area contributed by atoms with Crippen LogP contribution in [0.25, 0.3) is 0 Å². The van der Waals surface area contributed by atoms with Crippen molar-refractivity contribution >= 4 is 7.28 Å². The van der Waals surface area contributed by atoms with Crippen LogP contribution in [0.15, 0.2) is 0 Å². The summed E-state index contributed by atoms with van der Waals surface area (Å²) in [7, 11) is 2.72. The molecule has 2 heterocycles. The Morgan fingerprint density at radius 1 is 0.833 bits per heavy atom. The van der Waals surface area contributed by atoms with E-state index in [2.05, 4.69) is 7.28 Å². The van der Waals surface area contributed by atoms with Crippen molar-refractivity contribution in [2.24, 2.45) is 11.8 Å². The van der Waals surface area contributed by atoms with E-state index in [-0.39, 0.29) is 0 Å². The van der Waals surface area contributed by atoms with Gasteiger partial charge in [0.25, 0.3) is 0 Å². The molecule has 3 rings (SSSR count). The average Bonchev–Trinajstić information content (AvgIpc) is 2.88. The number of fused-ring (bicyclic) bond motifs is 2. The highest BCUT2D eigenvalue weighted by atomic mass is 14.4. The summed E-state index contributed by atoms with van der Waals surface area (Å²) in [5.41, 5.74) is 0. The zero-order chi connectivity index (χ0) is 7.97. The van der Waals surface area contributed by atoms with Gasteiger partial charge in [-0.15, -0.1) is 0 Å². The summed E-state index contributed by atoms with van der Waals surface area (Å²) in [6.07, 6.45) is 10.8. The Balaban J connectivity index is 1.70. The number of hydrogen-bond acceptors (Lipinski definition) is 0. The fourth-order valence-electron chi connectivity index (χ4n) is 3.49. The van der Waals surface area contributed by atoms with Gasteiger partial charge in [0.2, 0.25) is 0 Å². The predicted molar refractivity (Wildman–Crippen MR) is 52.6 cm³/mol. The van der Waals surface area contributed by atoms with Gasteiger partial charge in [-0.05, 0) is 24.7 Å². The first-order chi connectivity index (χ1) is 5.93. The monoisotopic (exact) mass is 161 g/mol. The summed E-state index contributed by atoms with van der Waals surface area (Å²) in [5.74, 6) is 4.36. The summed E-state index contributed by atoms with van der Waals surface area (Å²) in [6, 6.07) is 0. The Bertz CT molecular complexity index is 174. The van der Waals surface area contributed by atoms with Gasteiger partial charge in [-0.25, -0.2) is 0 Å². The van der Waals surface area contributed by atoms with Crippen LogP contribution >= 0.6 is 0 Å². The highest BCUT2D eigenvalue weighted by molar-refractivity contribution is 6.40. The molecule has 1 radical (unpaired) electrons. The minimum atomic E-state index is 1.03. The fraction of sp³-hybridized carbons (Fsp3) is 1.00. The van der Waals surface area contributed by atoms with E-state index in [0.29, 0.717) is 0 Å². The molecule has 0 amide bonds. The maximum Gasteiger partial charge on any atom is 0.118 e. The lowest BCUT2D eigenvalue weighted by Crippen LogP contribution is -2.30. The van der Waals surface area contributed by atoms with Crippen molar-refractivity contribution in [1.82, 2.24) is 0 Å². The van der Waals surface area contributed by atoms with E-state index >= 15 is 0 Å². The van der Waals surface area contributed by atoms with Crippen LogP contribution in [0.3, 0.4) is 0 Å². The Morgan fingerprint density at radius 2 is 1.75 bits per heavy atom. The summed E-state index contributed by atoms with van der Waals surface area (Å²) in [6.45, 7) is 0. The molecule has 0 spiro atoms. The highest BCUT2D eigenvalue weighted by Crippen LogP contribution is 2.53. The highest BCUT2D eigenvalue weighted by Gasteiger charge is 2.41. The molecule has 0 aromatic rings. The molecule has 0 aromatic heterocycles. The van der Waals surface area contributed by atoms with Gasteiger partial charge in [0.15, 0.2) is 0 Å². The van der Waals surface area contributed by atoms with Crippen LogP contribution in [0.5, 0.6) is 0 Å². The van der Waals surface area contributed by atoms with Crippen molar-refractivity contribution in [3.8, 4) is 0 Å². The van der Waals surface area contributed by atoms with Gasteiger partial charge in [-0.2, -0.15) is 0 Å². The van der Waals surface area contributed by atoms with Gasteiger partial charge in [0.05, 0.1) is 0 Å². The molecule has 3 fully saturated rings. The molecular weight excluding hydrogens is 143 g/mol. The normalized spacial score (nSPS) is 46.8. The van der Waals surface area contributed by atoms with Gasteiger partial charge < -0.3 is 0 Å². The smallest absolute Gasteiger partial charge is 0.0686 e. The predicted octanol–water partition coefficient (Wildman–Crippen LogP) is 3.27.